The molecular formula is C12H18ClFN2O2. The van der Waals surface area contributed by atoms with Crippen LogP contribution in [-0.4, -0.2) is 25.1 Å². The van der Waals surface area contributed by atoms with Crippen LogP contribution in [0.1, 0.15) is 24.2 Å². The number of carbonyl (C=O) groups excluding carboxylic acids is 1. The highest BCUT2D eigenvalue weighted by atomic mass is 35.5. The van der Waals surface area contributed by atoms with Gasteiger partial charge in [0.15, 0.2) is 11.6 Å². The highest BCUT2D eigenvalue weighted by molar-refractivity contribution is 5.94. The predicted molar refractivity (Wildman–Crippen MR) is 70.8 cm³/mol. The quantitative estimate of drug-likeness (QED) is 0.880. The van der Waals surface area contributed by atoms with Crippen molar-refractivity contribution in [3.63, 3.8) is 0 Å². The maximum absolute atomic E-state index is 13.1. The topological polar surface area (TPSA) is 64.3 Å². The molecule has 0 spiro atoms. The molecule has 0 fully saturated rings. The number of benzene rings is 1. The van der Waals surface area contributed by atoms with Gasteiger partial charge in [0.05, 0.1) is 7.11 Å². The van der Waals surface area contributed by atoms with Gasteiger partial charge in [-0.2, -0.15) is 0 Å². The zero-order chi connectivity index (χ0) is 13.1. The lowest BCUT2D eigenvalue weighted by Gasteiger charge is -2.19. The first-order valence-electron chi connectivity index (χ1n) is 5.24. The molecule has 1 amide bonds. The molecule has 0 aliphatic rings. The zero-order valence-corrected chi connectivity index (χ0v) is 11.4. The second kappa shape index (κ2) is 6.56. The lowest BCUT2D eigenvalue weighted by molar-refractivity contribution is 0.0945. The van der Waals surface area contributed by atoms with Crippen molar-refractivity contribution in [1.82, 2.24) is 5.32 Å². The number of nitrogens with one attached hydrogen (secondary N) is 1. The van der Waals surface area contributed by atoms with Gasteiger partial charge in [0.2, 0.25) is 0 Å². The molecule has 0 atom stereocenters. The molecule has 0 aliphatic heterocycles. The largest absolute Gasteiger partial charge is 0.494 e. The molecular weight excluding hydrogens is 259 g/mol. The summed E-state index contributed by atoms with van der Waals surface area (Å²) in [6, 6.07) is 3.95. The summed E-state index contributed by atoms with van der Waals surface area (Å²) >= 11 is 0. The first-order chi connectivity index (χ1) is 7.83. The highest BCUT2D eigenvalue weighted by Gasteiger charge is 2.14. The summed E-state index contributed by atoms with van der Waals surface area (Å²) < 4.78 is 17.9. The molecule has 4 nitrogen and oxygen atoms in total. The van der Waals surface area contributed by atoms with Gasteiger partial charge in [-0.05, 0) is 32.0 Å². The van der Waals surface area contributed by atoms with Crippen LogP contribution >= 0.6 is 12.4 Å². The first-order valence-corrected chi connectivity index (χ1v) is 5.24. The highest BCUT2D eigenvalue weighted by Crippen LogP contribution is 2.18. The van der Waals surface area contributed by atoms with E-state index < -0.39 is 11.4 Å². The molecule has 1 rings (SSSR count). The van der Waals surface area contributed by atoms with Crippen molar-refractivity contribution in [2.75, 3.05) is 13.7 Å². The maximum Gasteiger partial charge on any atom is 0.251 e. The van der Waals surface area contributed by atoms with Crippen molar-refractivity contribution in [3.8, 4) is 5.75 Å². The van der Waals surface area contributed by atoms with Crippen molar-refractivity contribution < 1.29 is 13.9 Å². The molecule has 0 unspecified atom stereocenters. The number of halogens is 2. The SMILES string of the molecule is COc1cc(C(=O)NCC(C)(C)N)ccc1F.Cl. The summed E-state index contributed by atoms with van der Waals surface area (Å²) in [7, 11) is 1.35. The zero-order valence-electron chi connectivity index (χ0n) is 10.6. The van der Waals surface area contributed by atoms with E-state index in [1.165, 1.54) is 25.3 Å². The van der Waals surface area contributed by atoms with Crippen molar-refractivity contribution in [2.24, 2.45) is 5.73 Å². The minimum atomic E-state index is -0.497. The van der Waals surface area contributed by atoms with Crippen molar-refractivity contribution in [3.05, 3.63) is 29.6 Å². The van der Waals surface area contributed by atoms with E-state index in [0.29, 0.717) is 12.1 Å². The third kappa shape index (κ3) is 4.89. The Kier molecular flexibility index (Phi) is 6.08. The number of ether oxygens (including phenoxy) is 1. The third-order valence-corrected chi connectivity index (χ3v) is 2.12. The Morgan fingerprint density at radius 2 is 2.11 bits per heavy atom. The van der Waals surface area contributed by atoms with Gasteiger partial charge >= 0.3 is 0 Å². The number of carbonyl (C=O) groups is 1. The smallest absolute Gasteiger partial charge is 0.251 e. The Hall–Kier alpha value is -1.33. The van der Waals surface area contributed by atoms with E-state index in [1.807, 2.05) is 0 Å². The molecule has 0 aliphatic carbocycles. The number of amides is 1. The van der Waals surface area contributed by atoms with E-state index in [4.69, 9.17) is 10.5 Å². The van der Waals surface area contributed by atoms with Crippen LogP contribution < -0.4 is 15.8 Å². The molecule has 0 radical (unpaired) electrons. The minimum absolute atomic E-state index is 0. The van der Waals surface area contributed by atoms with E-state index in [2.05, 4.69) is 5.32 Å². The lowest BCUT2D eigenvalue weighted by atomic mass is 10.1. The fourth-order valence-electron chi connectivity index (χ4n) is 1.21. The first kappa shape index (κ1) is 16.7. The van der Waals surface area contributed by atoms with Crippen LogP contribution in [0.3, 0.4) is 0 Å². The summed E-state index contributed by atoms with van der Waals surface area (Å²) in [5.74, 6) is -0.755. The van der Waals surface area contributed by atoms with Gasteiger partial charge in [0, 0.05) is 17.6 Å². The monoisotopic (exact) mass is 276 g/mol. The van der Waals surface area contributed by atoms with E-state index in [1.54, 1.807) is 13.8 Å². The van der Waals surface area contributed by atoms with Crippen LogP contribution in [0.15, 0.2) is 18.2 Å². The molecule has 1 aromatic carbocycles. The Bertz CT molecular complexity index is 419. The molecule has 0 saturated carbocycles. The van der Waals surface area contributed by atoms with Gasteiger partial charge in [-0.25, -0.2) is 4.39 Å². The minimum Gasteiger partial charge on any atom is -0.494 e. The predicted octanol–water partition coefficient (Wildman–Crippen LogP) is 1.72. The van der Waals surface area contributed by atoms with Gasteiger partial charge in [-0.3, -0.25) is 4.79 Å². The van der Waals surface area contributed by atoms with E-state index in [-0.39, 0.29) is 24.1 Å². The second-order valence-electron chi connectivity index (χ2n) is 4.52. The normalized spacial score (nSPS) is 10.5. The Morgan fingerprint density at radius 1 is 1.50 bits per heavy atom. The second-order valence-corrected chi connectivity index (χ2v) is 4.52. The number of nitrogens with two attached hydrogens (primary N) is 1. The number of methoxy groups -OCH3 is 1. The van der Waals surface area contributed by atoms with Crippen molar-refractivity contribution in [2.45, 2.75) is 19.4 Å². The van der Waals surface area contributed by atoms with Crippen LogP contribution in [0.2, 0.25) is 0 Å². The van der Waals surface area contributed by atoms with Gasteiger partial charge in [0.25, 0.3) is 5.91 Å². The lowest BCUT2D eigenvalue weighted by Crippen LogP contribution is -2.45. The molecule has 6 heteroatoms. The molecule has 0 heterocycles. The summed E-state index contributed by atoms with van der Waals surface area (Å²) in [4.78, 5) is 11.7. The Balaban J connectivity index is 0.00000289. The van der Waals surface area contributed by atoms with E-state index in [0.717, 1.165) is 0 Å². The number of hydrogen-bond acceptors (Lipinski definition) is 3. The van der Waals surface area contributed by atoms with Crippen LogP contribution in [0, 0.1) is 5.82 Å². The van der Waals surface area contributed by atoms with E-state index in [9.17, 15) is 9.18 Å². The molecule has 0 saturated heterocycles. The van der Waals surface area contributed by atoms with Crippen LogP contribution in [0.25, 0.3) is 0 Å². The molecule has 0 bridgehead atoms. The number of rotatable bonds is 4. The van der Waals surface area contributed by atoms with Gasteiger partial charge < -0.3 is 15.8 Å². The van der Waals surface area contributed by atoms with Crippen LogP contribution in [0.5, 0.6) is 5.75 Å². The number of hydrogen-bond donors (Lipinski definition) is 2. The molecule has 1 aromatic rings. The molecule has 102 valence electrons. The van der Waals surface area contributed by atoms with E-state index >= 15 is 0 Å². The summed E-state index contributed by atoms with van der Waals surface area (Å²) in [6.07, 6.45) is 0. The molecule has 0 aromatic heterocycles. The third-order valence-electron chi connectivity index (χ3n) is 2.12. The molecule has 3 N–H and O–H groups in total. The average Bonchev–Trinajstić information content (AvgIpc) is 2.25. The molecule has 18 heavy (non-hydrogen) atoms. The summed E-state index contributed by atoms with van der Waals surface area (Å²) in [6.45, 7) is 3.95. The Morgan fingerprint density at radius 3 is 2.61 bits per heavy atom. The van der Waals surface area contributed by atoms with Crippen molar-refractivity contribution >= 4 is 18.3 Å². The average molecular weight is 277 g/mol. The fraction of sp³-hybridized carbons (Fsp3) is 0.417. The standard InChI is InChI=1S/C12H17FN2O2.ClH/c1-12(2,14)7-15-11(16)8-4-5-9(13)10(6-8)17-3;/h4-6H,7,14H2,1-3H3,(H,15,16);1H. The van der Waals surface area contributed by atoms with Gasteiger partial charge in [-0.15, -0.1) is 12.4 Å². The summed E-state index contributed by atoms with van der Waals surface area (Å²) in [5, 5.41) is 2.67. The van der Waals surface area contributed by atoms with Gasteiger partial charge in [-0.1, -0.05) is 0 Å². The maximum atomic E-state index is 13.1. The van der Waals surface area contributed by atoms with Gasteiger partial charge in [0.1, 0.15) is 0 Å². The van der Waals surface area contributed by atoms with Crippen LogP contribution in [-0.2, 0) is 0 Å². The van der Waals surface area contributed by atoms with Crippen LogP contribution in [0.4, 0.5) is 4.39 Å². The Labute approximate surface area is 112 Å². The summed E-state index contributed by atoms with van der Waals surface area (Å²) in [5.41, 5.74) is 5.60. The van der Waals surface area contributed by atoms with Crippen molar-refractivity contribution in [1.29, 1.82) is 0 Å². The fourth-order valence-corrected chi connectivity index (χ4v) is 1.21.